The summed E-state index contributed by atoms with van der Waals surface area (Å²) < 4.78 is 10.6. The summed E-state index contributed by atoms with van der Waals surface area (Å²) in [4.78, 5) is 24.3. The molecule has 0 aromatic carbocycles. The molecule has 5 heteroatoms. The van der Waals surface area contributed by atoms with Gasteiger partial charge in [-0.3, -0.25) is 9.59 Å². The summed E-state index contributed by atoms with van der Waals surface area (Å²) in [6.45, 7) is 3.98. The van der Waals surface area contributed by atoms with Crippen molar-refractivity contribution in [3.8, 4) is 0 Å². The predicted octanol–water partition coefficient (Wildman–Crippen LogP) is 13.2. The van der Waals surface area contributed by atoms with Gasteiger partial charge < -0.3 is 14.6 Å². The average molecular weight is 699 g/mol. The molecular weight excluding hydrogens is 620 g/mol. The lowest BCUT2D eigenvalue weighted by molar-refractivity contribution is -0.161. The molecular formula is C45H78O5. The van der Waals surface area contributed by atoms with Crippen LogP contribution in [0.1, 0.15) is 194 Å². The highest BCUT2D eigenvalue weighted by Crippen LogP contribution is 2.15. The molecule has 288 valence electrons. The van der Waals surface area contributed by atoms with Gasteiger partial charge in [0.1, 0.15) is 6.61 Å². The molecule has 0 fully saturated rings. The molecule has 0 saturated heterocycles. The molecule has 5 nitrogen and oxygen atoms in total. The lowest BCUT2D eigenvalue weighted by Gasteiger charge is -2.15. The Labute approximate surface area is 309 Å². The van der Waals surface area contributed by atoms with Crippen LogP contribution < -0.4 is 0 Å². The molecule has 0 radical (unpaired) electrons. The van der Waals surface area contributed by atoms with E-state index in [1.54, 1.807) is 0 Å². The van der Waals surface area contributed by atoms with E-state index in [4.69, 9.17) is 9.47 Å². The van der Waals surface area contributed by atoms with Crippen molar-refractivity contribution in [3.05, 3.63) is 60.8 Å². The van der Waals surface area contributed by atoms with Gasteiger partial charge >= 0.3 is 11.9 Å². The van der Waals surface area contributed by atoms with Crippen LogP contribution in [0, 0.1) is 0 Å². The Morgan fingerprint density at radius 3 is 1.28 bits per heavy atom. The van der Waals surface area contributed by atoms with Crippen LogP contribution in [0.4, 0.5) is 0 Å². The molecule has 0 aromatic heterocycles. The minimum Gasteiger partial charge on any atom is -0.462 e. The number of carbonyl (C=O) groups is 2. The second-order valence-corrected chi connectivity index (χ2v) is 13.7. The van der Waals surface area contributed by atoms with Gasteiger partial charge in [0.05, 0.1) is 6.61 Å². The highest BCUT2D eigenvalue weighted by atomic mass is 16.6. The van der Waals surface area contributed by atoms with Crippen LogP contribution in [-0.2, 0) is 19.1 Å². The fourth-order valence-corrected chi connectivity index (χ4v) is 5.71. The van der Waals surface area contributed by atoms with Gasteiger partial charge in [-0.05, 0) is 51.4 Å². The molecule has 0 amide bonds. The van der Waals surface area contributed by atoms with Gasteiger partial charge in [-0.25, -0.2) is 0 Å². The monoisotopic (exact) mass is 699 g/mol. The SMILES string of the molecule is CCC=CCC=CCC=CCC=CCC=CCCCC(=O)OC[C@H](CO)OC(=O)CCCCCCCCCCCCCCCCCCCCC. The highest BCUT2D eigenvalue weighted by Gasteiger charge is 2.16. The normalized spacial score (nSPS) is 12.8. The lowest BCUT2D eigenvalue weighted by atomic mass is 10.0. The number of aliphatic hydroxyl groups excluding tert-OH is 1. The quantitative estimate of drug-likeness (QED) is 0.0397. The smallest absolute Gasteiger partial charge is 0.306 e. The maximum Gasteiger partial charge on any atom is 0.306 e. The minimum atomic E-state index is -0.794. The molecule has 0 saturated carbocycles. The van der Waals surface area contributed by atoms with Crippen molar-refractivity contribution in [1.82, 2.24) is 0 Å². The standard InChI is InChI=1S/C45H78O5/c1-3-5-7-9-11-13-15-17-19-21-22-24-26-28-30-32-34-36-38-40-45(48)50-43(41-46)42-49-44(47)39-37-35-33-31-29-27-25-23-20-18-16-14-12-10-8-6-4-2/h6,8,12,14,18,20,25,27,31,33,43,46H,3-5,7,9-11,13,15-17,19,21-24,26,28-30,32,34-42H2,1-2H3/t43-/m0/s1. The van der Waals surface area contributed by atoms with Gasteiger partial charge in [0.25, 0.3) is 0 Å². The van der Waals surface area contributed by atoms with E-state index in [9.17, 15) is 14.7 Å². The molecule has 0 unspecified atom stereocenters. The summed E-state index contributed by atoms with van der Waals surface area (Å²) in [5.41, 5.74) is 0. The van der Waals surface area contributed by atoms with E-state index < -0.39 is 6.10 Å². The van der Waals surface area contributed by atoms with Crippen LogP contribution >= 0.6 is 0 Å². The molecule has 0 rings (SSSR count). The first-order chi connectivity index (χ1) is 24.6. The average Bonchev–Trinajstić information content (AvgIpc) is 3.12. The van der Waals surface area contributed by atoms with Gasteiger partial charge in [0, 0.05) is 12.8 Å². The predicted molar refractivity (Wildman–Crippen MR) is 214 cm³/mol. The Hall–Kier alpha value is -2.40. The molecule has 0 spiro atoms. The van der Waals surface area contributed by atoms with E-state index in [2.05, 4.69) is 74.6 Å². The van der Waals surface area contributed by atoms with Crippen LogP contribution in [0.3, 0.4) is 0 Å². The van der Waals surface area contributed by atoms with Gasteiger partial charge in [-0.2, -0.15) is 0 Å². The molecule has 0 aliphatic rings. The van der Waals surface area contributed by atoms with E-state index >= 15 is 0 Å². The molecule has 0 aliphatic heterocycles. The number of hydrogen-bond acceptors (Lipinski definition) is 5. The van der Waals surface area contributed by atoms with Crippen molar-refractivity contribution in [2.75, 3.05) is 13.2 Å². The largest absolute Gasteiger partial charge is 0.462 e. The van der Waals surface area contributed by atoms with E-state index in [0.29, 0.717) is 19.3 Å². The Kier molecular flexibility index (Phi) is 39.1. The third-order valence-corrected chi connectivity index (χ3v) is 8.83. The topological polar surface area (TPSA) is 72.8 Å². The van der Waals surface area contributed by atoms with Crippen LogP contribution in [0.15, 0.2) is 60.8 Å². The Balaban J connectivity index is 3.61. The first kappa shape index (κ1) is 47.6. The minimum absolute atomic E-state index is 0.0953. The van der Waals surface area contributed by atoms with E-state index in [1.165, 1.54) is 103 Å². The summed E-state index contributed by atoms with van der Waals surface area (Å²) in [6, 6.07) is 0. The Morgan fingerprint density at radius 1 is 0.480 bits per heavy atom. The number of allylic oxidation sites excluding steroid dienone is 10. The van der Waals surface area contributed by atoms with Gasteiger partial charge in [0.2, 0.25) is 0 Å². The first-order valence-corrected chi connectivity index (χ1v) is 20.8. The van der Waals surface area contributed by atoms with Crippen LogP contribution in [0.2, 0.25) is 0 Å². The van der Waals surface area contributed by atoms with Gasteiger partial charge in [-0.15, -0.1) is 0 Å². The number of aliphatic hydroxyl groups is 1. The lowest BCUT2D eigenvalue weighted by Crippen LogP contribution is -2.28. The fourth-order valence-electron chi connectivity index (χ4n) is 5.71. The third kappa shape index (κ3) is 38.4. The third-order valence-electron chi connectivity index (χ3n) is 8.83. The zero-order valence-electron chi connectivity index (χ0n) is 32.6. The molecule has 0 heterocycles. The summed E-state index contributed by atoms with van der Waals surface area (Å²) in [5, 5.41) is 9.56. The van der Waals surface area contributed by atoms with Crippen molar-refractivity contribution in [3.63, 3.8) is 0 Å². The van der Waals surface area contributed by atoms with Gasteiger partial charge in [0.15, 0.2) is 6.10 Å². The summed E-state index contributed by atoms with van der Waals surface area (Å²) in [6.07, 6.45) is 52.9. The van der Waals surface area contributed by atoms with Crippen LogP contribution in [0.25, 0.3) is 0 Å². The van der Waals surface area contributed by atoms with Crippen LogP contribution in [-0.4, -0.2) is 36.4 Å². The highest BCUT2D eigenvalue weighted by molar-refractivity contribution is 5.70. The zero-order valence-corrected chi connectivity index (χ0v) is 32.6. The number of esters is 2. The summed E-state index contributed by atoms with van der Waals surface area (Å²) in [5.74, 6) is -0.656. The van der Waals surface area contributed by atoms with E-state index in [0.717, 1.165) is 57.8 Å². The molecule has 1 atom stereocenters. The molecule has 50 heavy (non-hydrogen) atoms. The maximum absolute atomic E-state index is 12.2. The van der Waals surface area contributed by atoms with Crippen molar-refractivity contribution in [1.29, 1.82) is 0 Å². The van der Waals surface area contributed by atoms with Crippen molar-refractivity contribution in [2.24, 2.45) is 0 Å². The van der Waals surface area contributed by atoms with Gasteiger partial charge in [-0.1, -0.05) is 190 Å². The van der Waals surface area contributed by atoms with Crippen molar-refractivity contribution >= 4 is 11.9 Å². The Morgan fingerprint density at radius 2 is 0.860 bits per heavy atom. The first-order valence-electron chi connectivity index (χ1n) is 20.8. The van der Waals surface area contributed by atoms with E-state index in [-0.39, 0.29) is 25.2 Å². The number of rotatable bonds is 37. The summed E-state index contributed by atoms with van der Waals surface area (Å²) >= 11 is 0. The molecule has 0 bridgehead atoms. The molecule has 0 aromatic rings. The summed E-state index contributed by atoms with van der Waals surface area (Å²) in [7, 11) is 0. The number of unbranched alkanes of at least 4 members (excludes halogenated alkanes) is 19. The number of hydrogen-bond donors (Lipinski definition) is 1. The van der Waals surface area contributed by atoms with E-state index in [1.807, 2.05) is 0 Å². The zero-order chi connectivity index (χ0) is 36.4. The fraction of sp³-hybridized carbons (Fsp3) is 0.733. The molecule has 1 N–H and O–H groups in total. The maximum atomic E-state index is 12.2. The molecule has 0 aliphatic carbocycles. The van der Waals surface area contributed by atoms with Crippen molar-refractivity contribution < 1.29 is 24.2 Å². The van der Waals surface area contributed by atoms with Crippen molar-refractivity contribution in [2.45, 2.75) is 200 Å². The second kappa shape index (κ2) is 41.0. The Bertz CT molecular complexity index is 884. The number of ether oxygens (including phenoxy) is 2. The van der Waals surface area contributed by atoms with Crippen LogP contribution in [0.5, 0.6) is 0 Å². The second-order valence-electron chi connectivity index (χ2n) is 13.7. The number of carbonyl (C=O) groups excluding carboxylic acids is 2.